The number of methoxy groups -OCH3 is 1. The lowest BCUT2D eigenvalue weighted by Crippen LogP contribution is -2.58. The van der Waals surface area contributed by atoms with Gasteiger partial charge in [0.05, 0.1) is 24.0 Å². The van der Waals surface area contributed by atoms with Crippen LogP contribution in [0.25, 0.3) is 0 Å². The lowest BCUT2D eigenvalue weighted by Gasteiger charge is -2.54. The molecule has 3 aliphatic rings. The number of aryl methyl sites for hydroxylation is 3. The van der Waals surface area contributed by atoms with Gasteiger partial charge in [0.2, 0.25) is 0 Å². The van der Waals surface area contributed by atoms with Crippen molar-refractivity contribution in [2.45, 2.75) is 77.2 Å². The average Bonchev–Trinajstić information content (AvgIpc) is 2.72. The highest BCUT2D eigenvalue weighted by atomic mass is 32.2. The highest BCUT2D eigenvalue weighted by Crippen LogP contribution is 2.59. The summed E-state index contributed by atoms with van der Waals surface area (Å²) < 4.78 is 26.9. The molecule has 1 unspecified atom stereocenters. The number of carbonyl (C=O) groups excluding carboxylic acids is 2. The van der Waals surface area contributed by atoms with E-state index in [0.29, 0.717) is 38.5 Å². The third-order valence-electron chi connectivity index (χ3n) is 7.07. The summed E-state index contributed by atoms with van der Waals surface area (Å²) in [6.45, 7) is 7.95. The zero-order valence-corrected chi connectivity index (χ0v) is 19.4. The molecule has 1 aromatic carbocycles. The Bertz CT molecular complexity index is 818. The fourth-order valence-corrected chi connectivity index (χ4v) is 6.83. The van der Waals surface area contributed by atoms with Crippen LogP contribution in [0.15, 0.2) is 17.0 Å². The second kappa shape index (κ2) is 8.79. The molecular formula is C23H33NO5S. The number of fused-ring (bicyclic) bond motifs is 3. The Morgan fingerprint density at radius 2 is 1.60 bits per heavy atom. The minimum absolute atomic E-state index is 0.147. The molecule has 3 aliphatic carbocycles. The Morgan fingerprint density at radius 3 is 2.07 bits per heavy atom. The van der Waals surface area contributed by atoms with Crippen molar-refractivity contribution < 1.29 is 23.3 Å². The molecule has 0 heterocycles. The zero-order valence-electron chi connectivity index (χ0n) is 18.6. The van der Waals surface area contributed by atoms with Gasteiger partial charge in [-0.05, 0) is 82.8 Å². The minimum Gasteiger partial charge on any atom is -0.469 e. The number of hydrogen-bond acceptors (Lipinski definition) is 5. The summed E-state index contributed by atoms with van der Waals surface area (Å²) in [6, 6.07) is 3.34. The molecule has 0 saturated heterocycles. The summed E-state index contributed by atoms with van der Waals surface area (Å²) >= 11 is 0. The van der Waals surface area contributed by atoms with E-state index in [0.717, 1.165) is 21.6 Å². The molecule has 166 valence electrons. The van der Waals surface area contributed by atoms with Crippen LogP contribution in [0.3, 0.4) is 0 Å². The van der Waals surface area contributed by atoms with E-state index in [2.05, 4.69) is 4.72 Å². The summed E-state index contributed by atoms with van der Waals surface area (Å²) in [5, 5.41) is 0. The highest BCUT2D eigenvalue weighted by molar-refractivity contribution is 7.83. The van der Waals surface area contributed by atoms with Crippen LogP contribution in [0, 0.1) is 31.6 Å². The fourth-order valence-electron chi connectivity index (χ4n) is 5.44. The number of benzene rings is 1. The van der Waals surface area contributed by atoms with E-state index >= 15 is 0 Å². The monoisotopic (exact) mass is 435 g/mol. The number of rotatable bonds is 7. The lowest BCUT2D eigenvalue weighted by molar-refractivity contribution is -0.167. The van der Waals surface area contributed by atoms with Crippen LogP contribution in [-0.4, -0.2) is 35.9 Å². The van der Waals surface area contributed by atoms with Gasteiger partial charge in [0.1, 0.15) is 17.0 Å². The van der Waals surface area contributed by atoms with Crippen molar-refractivity contribution in [1.82, 2.24) is 4.72 Å². The molecule has 3 saturated carbocycles. The van der Waals surface area contributed by atoms with Gasteiger partial charge >= 0.3 is 11.9 Å². The van der Waals surface area contributed by atoms with Gasteiger partial charge in [0, 0.05) is 0 Å². The number of esters is 2. The van der Waals surface area contributed by atoms with E-state index in [-0.39, 0.29) is 24.0 Å². The minimum atomic E-state index is -1.54. The molecule has 2 bridgehead atoms. The van der Waals surface area contributed by atoms with Crippen molar-refractivity contribution >= 4 is 22.9 Å². The zero-order chi connectivity index (χ0) is 22.1. The number of nitrogens with one attached hydrogen (secondary N) is 1. The first kappa shape index (κ1) is 22.9. The van der Waals surface area contributed by atoms with Gasteiger partial charge in [0.15, 0.2) is 0 Å². The molecule has 0 spiro atoms. The van der Waals surface area contributed by atoms with Gasteiger partial charge in [-0.1, -0.05) is 17.7 Å². The van der Waals surface area contributed by atoms with Crippen molar-refractivity contribution in [2.24, 2.45) is 10.8 Å². The second-order valence-corrected chi connectivity index (χ2v) is 10.1. The third-order valence-corrected chi connectivity index (χ3v) is 8.54. The maximum Gasteiger partial charge on any atom is 0.324 e. The van der Waals surface area contributed by atoms with Crippen molar-refractivity contribution in [3.63, 3.8) is 0 Å². The van der Waals surface area contributed by atoms with Crippen LogP contribution in [-0.2, 0) is 30.0 Å². The van der Waals surface area contributed by atoms with Gasteiger partial charge in [-0.25, -0.2) is 8.93 Å². The third kappa shape index (κ3) is 4.06. The molecule has 3 fully saturated rings. The predicted octanol–water partition coefficient (Wildman–Crippen LogP) is 3.67. The summed E-state index contributed by atoms with van der Waals surface area (Å²) in [6.07, 6.45) is 4.19. The van der Waals surface area contributed by atoms with Crippen LogP contribution >= 0.6 is 0 Å². The Morgan fingerprint density at radius 1 is 1.07 bits per heavy atom. The van der Waals surface area contributed by atoms with Gasteiger partial charge in [-0.3, -0.25) is 9.59 Å². The van der Waals surface area contributed by atoms with Crippen LogP contribution in [0.1, 0.15) is 62.1 Å². The summed E-state index contributed by atoms with van der Waals surface area (Å²) in [4.78, 5) is 26.0. The Kier molecular flexibility index (Phi) is 6.72. The molecule has 1 N–H and O–H groups in total. The van der Waals surface area contributed by atoms with E-state index in [1.807, 2.05) is 32.9 Å². The molecular weight excluding hydrogens is 402 g/mol. The van der Waals surface area contributed by atoms with Crippen molar-refractivity contribution in [3.8, 4) is 0 Å². The first-order chi connectivity index (χ1) is 14.2. The first-order valence-electron chi connectivity index (χ1n) is 10.7. The molecule has 30 heavy (non-hydrogen) atoms. The Hall–Kier alpha value is -1.73. The molecule has 4 rings (SSSR count). The van der Waals surface area contributed by atoms with Crippen LogP contribution in [0.4, 0.5) is 0 Å². The van der Waals surface area contributed by atoms with E-state index in [1.54, 1.807) is 6.92 Å². The van der Waals surface area contributed by atoms with Gasteiger partial charge < -0.3 is 9.47 Å². The molecule has 7 heteroatoms. The van der Waals surface area contributed by atoms with E-state index in [9.17, 15) is 13.8 Å². The number of carbonyl (C=O) groups is 2. The smallest absolute Gasteiger partial charge is 0.324 e. The van der Waals surface area contributed by atoms with Crippen LogP contribution in [0.5, 0.6) is 0 Å². The van der Waals surface area contributed by atoms with Gasteiger partial charge in [-0.15, -0.1) is 0 Å². The molecule has 0 aliphatic heterocycles. The SMILES string of the molecule is CCOC(=O)[C@@H](NS(=O)c1c(C)cc(C)cc1C)C12CCC(C(=O)OC)(CC1)CC2. The maximum atomic E-state index is 13.4. The molecule has 2 atom stereocenters. The van der Waals surface area contributed by atoms with Crippen molar-refractivity contribution in [3.05, 3.63) is 28.8 Å². The lowest BCUT2D eigenvalue weighted by atomic mass is 9.51. The maximum absolute atomic E-state index is 13.4. The molecule has 0 radical (unpaired) electrons. The highest BCUT2D eigenvalue weighted by Gasteiger charge is 2.57. The molecule has 1 aromatic rings. The normalized spacial score (nSPS) is 27.4. The summed E-state index contributed by atoms with van der Waals surface area (Å²) in [5.74, 6) is -0.508. The Balaban J connectivity index is 1.88. The van der Waals surface area contributed by atoms with Crippen LogP contribution in [0.2, 0.25) is 0 Å². The molecule has 0 amide bonds. The fraction of sp³-hybridized carbons (Fsp3) is 0.652. The van der Waals surface area contributed by atoms with Crippen molar-refractivity contribution in [2.75, 3.05) is 13.7 Å². The topological polar surface area (TPSA) is 81.7 Å². The van der Waals surface area contributed by atoms with E-state index in [4.69, 9.17) is 9.47 Å². The molecule has 6 nitrogen and oxygen atoms in total. The quantitative estimate of drug-likeness (QED) is 0.661. The number of ether oxygens (including phenoxy) is 2. The van der Waals surface area contributed by atoms with Gasteiger partial charge in [-0.2, -0.15) is 0 Å². The Labute approximate surface area is 181 Å². The standard InChI is InChI=1S/C23H33NO5S/c1-6-29-20(25)19(24-30(27)18-16(3)13-15(2)14-17(18)4)22-7-10-23(11-8-22,12-9-22)21(26)28-5/h13-14,19,24H,6-12H2,1-5H3/t19-,22?,23?,30?/m1/s1. The molecule has 0 aromatic heterocycles. The van der Waals surface area contributed by atoms with Crippen molar-refractivity contribution in [1.29, 1.82) is 0 Å². The second-order valence-electron chi connectivity index (χ2n) is 8.93. The summed E-state index contributed by atoms with van der Waals surface area (Å²) in [5.41, 5.74) is 2.21. The average molecular weight is 436 g/mol. The summed E-state index contributed by atoms with van der Waals surface area (Å²) in [7, 11) is -0.108. The van der Waals surface area contributed by atoms with Gasteiger partial charge in [0.25, 0.3) is 0 Å². The van der Waals surface area contributed by atoms with E-state index in [1.165, 1.54) is 7.11 Å². The first-order valence-corrected chi connectivity index (χ1v) is 11.8. The largest absolute Gasteiger partial charge is 0.469 e. The predicted molar refractivity (Wildman–Crippen MR) is 115 cm³/mol. The van der Waals surface area contributed by atoms with Crippen LogP contribution < -0.4 is 4.72 Å². The van der Waals surface area contributed by atoms with E-state index < -0.39 is 22.4 Å². The number of hydrogen-bond donors (Lipinski definition) is 1.